The number of halogens is 1. The Labute approximate surface area is 99.8 Å². The Morgan fingerprint density at radius 1 is 0.824 bits per heavy atom. The molecule has 0 unspecified atom stereocenters. The second-order valence-electron chi connectivity index (χ2n) is 3.92. The minimum Gasteiger partial charge on any atom is -0.207 e. The third-order valence-electron chi connectivity index (χ3n) is 2.53. The van der Waals surface area contributed by atoms with Gasteiger partial charge in [0.2, 0.25) is 0 Å². The summed E-state index contributed by atoms with van der Waals surface area (Å²) < 4.78 is 12.7. The Kier molecular flexibility index (Phi) is 3.28. The van der Waals surface area contributed by atoms with Crippen molar-refractivity contribution in [2.45, 2.75) is 13.8 Å². The van der Waals surface area contributed by atoms with Crippen LogP contribution in [-0.4, -0.2) is 0 Å². The summed E-state index contributed by atoms with van der Waals surface area (Å²) >= 11 is 0. The van der Waals surface area contributed by atoms with Crippen LogP contribution in [0.4, 0.5) is 15.8 Å². The fraction of sp³-hybridized carbons (Fsp3) is 0.143. The van der Waals surface area contributed by atoms with E-state index in [-0.39, 0.29) is 5.82 Å². The maximum atomic E-state index is 12.7. The quantitative estimate of drug-likeness (QED) is 0.656. The van der Waals surface area contributed by atoms with E-state index in [4.69, 9.17) is 0 Å². The van der Waals surface area contributed by atoms with Crippen LogP contribution in [0.25, 0.3) is 0 Å². The first kappa shape index (κ1) is 11.5. The maximum Gasteiger partial charge on any atom is 0.123 e. The van der Waals surface area contributed by atoms with Crippen LogP contribution in [-0.2, 0) is 0 Å². The molecule has 0 N–H and O–H groups in total. The molecule has 0 aliphatic heterocycles. The normalized spacial score (nSPS) is 11.0. The van der Waals surface area contributed by atoms with E-state index in [9.17, 15) is 4.39 Å². The lowest BCUT2D eigenvalue weighted by molar-refractivity contribution is 0.628. The van der Waals surface area contributed by atoms with E-state index in [2.05, 4.69) is 10.2 Å². The molecule has 17 heavy (non-hydrogen) atoms. The average molecular weight is 228 g/mol. The summed E-state index contributed by atoms with van der Waals surface area (Å²) in [6.07, 6.45) is 0. The molecule has 0 atom stereocenters. The van der Waals surface area contributed by atoms with Gasteiger partial charge in [-0.15, -0.1) is 0 Å². The van der Waals surface area contributed by atoms with Crippen molar-refractivity contribution < 1.29 is 4.39 Å². The SMILES string of the molecule is Cc1cccc(C)c1N=Nc1ccc(F)cc1. The van der Waals surface area contributed by atoms with Gasteiger partial charge in [-0.3, -0.25) is 0 Å². The summed E-state index contributed by atoms with van der Waals surface area (Å²) in [6, 6.07) is 11.9. The summed E-state index contributed by atoms with van der Waals surface area (Å²) in [5, 5.41) is 8.31. The molecular formula is C14H13FN2. The van der Waals surface area contributed by atoms with Gasteiger partial charge < -0.3 is 0 Å². The Morgan fingerprint density at radius 2 is 1.41 bits per heavy atom. The van der Waals surface area contributed by atoms with Crippen molar-refractivity contribution in [2.75, 3.05) is 0 Å². The number of rotatable bonds is 2. The van der Waals surface area contributed by atoms with Gasteiger partial charge in [-0.1, -0.05) is 18.2 Å². The Balaban J connectivity index is 2.29. The molecule has 2 aromatic rings. The highest BCUT2D eigenvalue weighted by Crippen LogP contribution is 2.25. The molecule has 2 nitrogen and oxygen atoms in total. The van der Waals surface area contributed by atoms with Crippen LogP contribution in [0.1, 0.15) is 11.1 Å². The number of benzene rings is 2. The van der Waals surface area contributed by atoms with Crippen LogP contribution in [0.3, 0.4) is 0 Å². The number of hydrogen-bond donors (Lipinski definition) is 0. The first-order valence-electron chi connectivity index (χ1n) is 5.40. The fourth-order valence-electron chi connectivity index (χ4n) is 1.58. The number of azo groups is 1. The highest BCUT2D eigenvalue weighted by atomic mass is 19.1. The lowest BCUT2D eigenvalue weighted by Gasteiger charge is -2.02. The van der Waals surface area contributed by atoms with Crippen LogP contribution >= 0.6 is 0 Å². The highest BCUT2D eigenvalue weighted by Gasteiger charge is 1.99. The predicted octanol–water partition coefficient (Wildman–Crippen LogP) is 4.86. The molecule has 0 fully saturated rings. The van der Waals surface area contributed by atoms with Crippen molar-refractivity contribution in [3.8, 4) is 0 Å². The van der Waals surface area contributed by atoms with Gasteiger partial charge >= 0.3 is 0 Å². The topological polar surface area (TPSA) is 24.7 Å². The van der Waals surface area contributed by atoms with Gasteiger partial charge in [0.05, 0.1) is 11.4 Å². The molecule has 0 spiro atoms. The molecule has 3 heteroatoms. The van der Waals surface area contributed by atoms with Crippen LogP contribution in [0.15, 0.2) is 52.7 Å². The molecule has 0 amide bonds. The van der Waals surface area contributed by atoms with Crippen molar-refractivity contribution in [1.82, 2.24) is 0 Å². The molecule has 2 aromatic carbocycles. The van der Waals surface area contributed by atoms with Crippen molar-refractivity contribution in [2.24, 2.45) is 10.2 Å². The van der Waals surface area contributed by atoms with Gasteiger partial charge in [0.1, 0.15) is 5.82 Å². The Bertz CT molecular complexity index is 524. The predicted molar refractivity (Wildman–Crippen MR) is 66.5 cm³/mol. The lowest BCUT2D eigenvalue weighted by Crippen LogP contribution is -1.78. The second-order valence-corrected chi connectivity index (χ2v) is 3.92. The first-order chi connectivity index (χ1) is 8.16. The zero-order valence-corrected chi connectivity index (χ0v) is 9.81. The minimum atomic E-state index is -0.268. The molecule has 0 aromatic heterocycles. The van der Waals surface area contributed by atoms with Gasteiger partial charge in [0, 0.05) is 0 Å². The number of aryl methyl sites for hydroxylation is 2. The van der Waals surface area contributed by atoms with Crippen molar-refractivity contribution >= 4 is 11.4 Å². The summed E-state index contributed by atoms with van der Waals surface area (Å²) in [5.74, 6) is -0.268. The third kappa shape index (κ3) is 2.75. The average Bonchev–Trinajstić information content (AvgIpc) is 2.31. The third-order valence-corrected chi connectivity index (χ3v) is 2.53. The van der Waals surface area contributed by atoms with Crippen LogP contribution < -0.4 is 0 Å². The lowest BCUT2D eigenvalue weighted by atomic mass is 10.1. The van der Waals surface area contributed by atoms with Crippen molar-refractivity contribution in [3.63, 3.8) is 0 Å². The van der Waals surface area contributed by atoms with E-state index in [0.29, 0.717) is 5.69 Å². The molecule has 0 saturated heterocycles. The number of hydrogen-bond acceptors (Lipinski definition) is 2. The summed E-state index contributed by atoms with van der Waals surface area (Å²) in [6.45, 7) is 3.98. The summed E-state index contributed by atoms with van der Waals surface area (Å²) in [4.78, 5) is 0. The van der Waals surface area contributed by atoms with Crippen LogP contribution in [0, 0.1) is 19.7 Å². The largest absolute Gasteiger partial charge is 0.207 e. The first-order valence-corrected chi connectivity index (χ1v) is 5.40. The zero-order valence-electron chi connectivity index (χ0n) is 9.81. The molecule has 0 bridgehead atoms. The smallest absolute Gasteiger partial charge is 0.123 e. The maximum absolute atomic E-state index is 12.7. The van der Waals surface area contributed by atoms with Gasteiger partial charge in [0.15, 0.2) is 0 Å². The molecular weight excluding hydrogens is 215 g/mol. The molecule has 0 aliphatic rings. The molecule has 0 saturated carbocycles. The van der Waals surface area contributed by atoms with Gasteiger partial charge in [-0.05, 0) is 49.2 Å². The standard InChI is InChI=1S/C14H13FN2/c1-10-4-3-5-11(2)14(10)17-16-13-8-6-12(15)7-9-13/h3-9H,1-2H3. The monoisotopic (exact) mass is 228 g/mol. The summed E-state index contributed by atoms with van der Waals surface area (Å²) in [7, 11) is 0. The minimum absolute atomic E-state index is 0.268. The molecule has 86 valence electrons. The van der Waals surface area contributed by atoms with Crippen molar-refractivity contribution in [3.05, 3.63) is 59.4 Å². The Hall–Kier alpha value is -2.03. The van der Waals surface area contributed by atoms with Crippen LogP contribution in [0.2, 0.25) is 0 Å². The van der Waals surface area contributed by atoms with E-state index >= 15 is 0 Å². The highest BCUT2D eigenvalue weighted by molar-refractivity contribution is 5.51. The number of nitrogens with zero attached hydrogens (tertiary/aromatic N) is 2. The molecule has 2 rings (SSSR count). The molecule has 0 heterocycles. The second kappa shape index (κ2) is 4.87. The molecule has 0 aliphatic carbocycles. The van der Waals surface area contributed by atoms with Gasteiger partial charge in [-0.25, -0.2) is 4.39 Å². The van der Waals surface area contributed by atoms with E-state index in [1.54, 1.807) is 12.1 Å². The van der Waals surface area contributed by atoms with E-state index < -0.39 is 0 Å². The van der Waals surface area contributed by atoms with E-state index in [1.807, 2.05) is 32.0 Å². The van der Waals surface area contributed by atoms with Gasteiger partial charge in [-0.2, -0.15) is 10.2 Å². The van der Waals surface area contributed by atoms with Crippen molar-refractivity contribution in [1.29, 1.82) is 0 Å². The van der Waals surface area contributed by atoms with Gasteiger partial charge in [0.25, 0.3) is 0 Å². The fourth-order valence-corrected chi connectivity index (χ4v) is 1.58. The van der Waals surface area contributed by atoms with E-state index in [0.717, 1.165) is 16.8 Å². The summed E-state index contributed by atoms with van der Waals surface area (Å²) in [5.41, 5.74) is 3.68. The Morgan fingerprint density at radius 3 is 2.00 bits per heavy atom. The zero-order chi connectivity index (χ0) is 12.3. The van der Waals surface area contributed by atoms with Crippen LogP contribution in [0.5, 0.6) is 0 Å². The molecule has 0 radical (unpaired) electrons. The van der Waals surface area contributed by atoms with E-state index in [1.165, 1.54) is 12.1 Å².